The van der Waals surface area contributed by atoms with Gasteiger partial charge in [-0.15, -0.1) is 0 Å². The van der Waals surface area contributed by atoms with Crippen molar-refractivity contribution in [3.8, 4) is 0 Å². The highest BCUT2D eigenvalue weighted by atomic mass is 16.5. The van der Waals surface area contributed by atoms with Crippen LogP contribution in [-0.2, 0) is 11.3 Å². The number of nitrogens with zero attached hydrogens (tertiary/aromatic N) is 2. The van der Waals surface area contributed by atoms with E-state index in [1.165, 1.54) is 0 Å². The standard InChI is InChI=1S/C11H12N2O/c1-2-6-13-10(3-1)9-14-11-4-7-12-8-5-11/h1-4,6-7H,5,8-9H2. The number of aromatic nitrogens is 1. The molecule has 1 aliphatic heterocycles. The average molecular weight is 188 g/mol. The van der Waals surface area contributed by atoms with Gasteiger partial charge in [-0.3, -0.25) is 9.98 Å². The zero-order valence-electron chi connectivity index (χ0n) is 7.89. The van der Waals surface area contributed by atoms with E-state index in [0.29, 0.717) is 6.61 Å². The van der Waals surface area contributed by atoms with E-state index in [1.54, 1.807) is 12.4 Å². The van der Waals surface area contributed by atoms with Gasteiger partial charge in [0.05, 0.1) is 11.5 Å². The summed E-state index contributed by atoms with van der Waals surface area (Å²) in [5, 5.41) is 0. The predicted octanol–water partition coefficient (Wildman–Crippen LogP) is 1.96. The minimum absolute atomic E-state index is 0.542. The first-order chi connectivity index (χ1) is 6.95. The van der Waals surface area contributed by atoms with Gasteiger partial charge in [-0.25, -0.2) is 0 Å². The summed E-state index contributed by atoms with van der Waals surface area (Å²) in [5.41, 5.74) is 0.955. The summed E-state index contributed by atoms with van der Waals surface area (Å²) >= 11 is 0. The van der Waals surface area contributed by atoms with E-state index in [0.717, 1.165) is 24.4 Å². The van der Waals surface area contributed by atoms with E-state index in [4.69, 9.17) is 4.74 Å². The summed E-state index contributed by atoms with van der Waals surface area (Å²) in [6, 6.07) is 5.82. The van der Waals surface area contributed by atoms with Gasteiger partial charge in [0.15, 0.2) is 0 Å². The number of aliphatic imine (C=N–C) groups is 1. The van der Waals surface area contributed by atoms with Crippen LogP contribution in [-0.4, -0.2) is 17.7 Å². The Balaban J connectivity index is 1.88. The van der Waals surface area contributed by atoms with Crippen molar-refractivity contribution in [1.29, 1.82) is 0 Å². The third-order valence-electron chi connectivity index (χ3n) is 1.98. The van der Waals surface area contributed by atoms with Gasteiger partial charge in [-0.2, -0.15) is 0 Å². The molecule has 0 amide bonds. The van der Waals surface area contributed by atoms with Gasteiger partial charge in [0.25, 0.3) is 0 Å². The van der Waals surface area contributed by atoms with Crippen molar-refractivity contribution >= 4 is 6.21 Å². The summed E-state index contributed by atoms with van der Waals surface area (Å²) in [7, 11) is 0. The van der Waals surface area contributed by atoms with Crippen molar-refractivity contribution in [2.24, 2.45) is 4.99 Å². The Morgan fingerprint density at radius 1 is 1.36 bits per heavy atom. The fraction of sp³-hybridized carbons (Fsp3) is 0.273. The van der Waals surface area contributed by atoms with E-state index in [1.807, 2.05) is 24.3 Å². The number of rotatable bonds is 3. The van der Waals surface area contributed by atoms with Crippen molar-refractivity contribution in [3.05, 3.63) is 41.9 Å². The highest BCUT2D eigenvalue weighted by Gasteiger charge is 2.01. The molecule has 2 rings (SSSR count). The number of hydrogen-bond acceptors (Lipinski definition) is 3. The van der Waals surface area contributed by atoms with Crippen LogP contribution in [0.4, 0.5) is 0 Å². The van der Waals surface area contributed by atoms with Crippen LogP contribution >= 0.6 is 0 Å². The molecular formula is C11H12N2O. The summed E-state index contributed by atoms with van der Waals surface area (Å²) in [4.78, 5) is 8.26. The Labute approximate surface area is 83.2 Å². The molecule has 1 aromatic rings. The molecule has 0 atom stereocenters. The van der Waals surface area contributed by atoms with Crippen molar-refractivity contribution in [3.63, 3.8) is 0 Å². The average Bonchev–Trinajstić information content (AvgIpc) is 2.29. The molecule has 0 N–H and O–H groups in total. The quantitative estimate of drug-likeness (QED) is 0.726. The molecular weight excluding hydrogens is 176 g/mol. The Morgan fingerprint density at radius 2 is 2.36 bits per heavy atom. The van der Waals surface area contributed by atoms with Gasteiger partial charge in [0, 0.05) is 25.4 Å². The van der Waals surface area contributed by atoms with E-state index in [-0.39, 0.29) is 0 Å². The highest BCUT2D eigenvalue weighted by molar-refractivity contribution is 5.72. The highest BCUT2D eigenvalue weighted by Crippen LogP contribution is 2.09. The molecule has 1 aliphatic rings. The van der Waals surface area contributed by atoms with E-state index >= 15 is 0 Å². The lowest BCUT2D eigenvalue weighted by Gasteiger charge is -2.10. The first-order valence-electron chi connectivity index (χ1n) is 4.67. The minimum atomic E-state index is 0.542. The zero-order chi connectivity index (χ0) is 9.64. The van der Waals surface area contributed by atoms with Gasteiger partial charge < -0.3 is 4.74 Å². The minimum Gasteiger partial charge on any atom is -0.492 e. The maximum atomic E-state index is 5.58. The molecule has 0 saturated carbocycles. The summed E-state index contributed by atoms with van der Waals surface area (Å²) in [5.74, 6) is 0.991. The second-order valence-corrected chi connectivity index (χ2v) is 3.05. The van der Waals surface area contributed by atoms with E-state index < -0.39 is 0 Å². The van der Waals surface area contributed by atoms with E-state index in [2.05, 4.69) is 9.98 Å². The number of pyridine rings is 1. The molecule has 0 radical (unpaired) electrons. The summed E-state index contributed by atoms with van der Waals surface area (Å²) in [6.45, 7) is 1.37. The van der Waals surface area contributed by atoms with Crippen LogP contribution in [0.25, 0.3) is 0 Å². The largest absolute Gasteiger partial charge is 0.492 e. The first-order valence-corrected chi connectivity index (χ1v) is 4.67. The lowest BCUT2D eigenvalue weighted by molar-refractivity contribution is 0.186. The number of hydrogen-bond donors (Lipinski definition) is 0. The fourth-order valence-electron chi connectivity index (χ4n) is 1.24. The molecule has 1 aromatic heterocycles. The molecule has 0 aliphatic carbocycles. The Morgan fingerprint density at radius 3 is 3.07 bits per heavy atom. The molecule has 0 unspecified atom stereocenters. The summed E-state index contributed by atoms with van der Waals surface area (Å²) < 4.78 is 5.58. The van der Waals surface area contributed by atoms with Gasteiger partial charge in [0.1, 0.15) is 6.61 Å². The van der Waals surface area contributed by atoms with Crippen LogP contribution < -0.4 is 0 Å². The molecule has 2 heterocycles. The molecule has 72 valence electrons. The van der Waals surface area contributed by atoms with Crippen LogP contribution in [0.5, 0.6) is 0 Å². The number of ether oxygens (including phenoxy) is 1. The third-order valence-corrected chi connectivity index (χ3v) is 1.98. The molecule has 0 spiro atoms. The number of dihydropyridines is 1. The fourth-order valence-corrected chi connectivity index (χ4v) is 1.24. The van der Waals surface area contributed by atoms with Crippen molar-refractivity contribution in [2.45, 2.75) is 13.0 Å². The zero-order valence-corrected chi connectivity index (χ0v) is 7.89. The predicted molar refractivity (Wildman–Crippen MR) is 55.1 cm³/mol. The maximum Gasteiger partial charge on any atom is 0.130 e. The second-order valence-electron chi connectivity index (χ2n) is 3.05. The van der Waals surface area contributed by atoms with Gasteiger partial charge in [-0.1, -0.05) is 6.07 Å². The Bertz CT molecular complexity index is 344. The maximum absolute atomic E-state index is 5.58. The van der Waals surface area contributed by atoms with Gasteiger partial charge in [-0.05, 0) is 18.2 Å². The van der Waals surface area contributed by atoms with Crippen LogP contribution in [0, 0.1) is 0 Å². The second kappa shape index (κ2) is 4.56. The first kappa shape index (κ1) is 8.94. The number of allylic oxidation sites excluding steroid dienone is 1. The molecule has 0 saturated heterocycles. The molecule has 3 heteroatoms. The van der Waals surface area contributed by atoms with Crippen LogP contribution in [0.3, 0.4) is 0 Å². The molecule has 0 bridgehead atoms. The SMILES string of the molecule is C1=NCCC(OCc2ccccn2)=C1. The van der Waals surface area contributed by atoms with Crippen LogP contribution in [0.2, 0.25) is 0 Å². The van der Waals surface area contributed by atoms with Crippen LogP contribution in [0.1, 0.15) is 12.1 Å². The van der Waals surface area contributed by atoms with Crippen molar-refractivity contribution in [2.75, 3.05) is 6.54 Å². The molecule has 3 nitrogen and oxygen atoms in total. The van der Waals surface area contributed by atoms with Gasteiger partial charge >= 0.3 is 0 Å². The summed E-state index contributed by atoms with van der Waals surface area (Å²) in [6.07, 6.45) is 6.36. The smallest absolute Gasteiger partial charge is 0.130 e. The molecule has 14 heavy (non-hydrogen) atoms. The third kappa shape index (κ3) is 2.42. The lowest BCUT2D eigenvalue weighted by atomic mass is 10.3. The topological polar surface area (TPSA) is 34.5 Å². The Kier molecular flexibility index (Phi) is 2.91. The lowest BCUT2D eigenvalue weighted by Crippen LogP contribution is -2.00. The molecule has 0 fully saturated rings. The molecule has 0 aromatic carbocycles. The van der Waals surface area contributed by atoms with Crippen molar-refractivity contribution < 1.29 is 4.74 Å². The van der Waals surface area contributed by atoms with Gasteiger partial charge in [0.2, 0.25) is 0 Å². The normalized spacial score (nSPS) is 15.0. The van der Waals surface area contributed by atoms with Crippen LogP contribution in [0.15, 0.2) is 41.2 Å². The van der Waals surface area contributed by atoms with E-state index in [9.17, 15) is 0 Å². The van der Waals surface area contributed by atoms with Crippen molar-refractivity contribution in [1.82, 2.24) is 4.98 Å². The Hall–Kier alpha value is -1.64. The monoisotopic (exact) mass is 188 g/mol.